The highest BCUT2D eigenvalue weighted by molar-refractivity contribution is 5.61. The monoisotopic (exact) mass is 356 g/mol. The second kappa shape index (κ2) is 6.42. The predicted molar refractivity (Wildman–Crippen MR) is 103 cm³/mol. The molecular formula is C22H28O4. The van der Waals surface area contributed by atoms with Crippen LogP contribution in [0.4, 0.5) is 0 Å². The fourth-order valence-corrected chi connectivity index (χ4v) is 4.46. The van der Waals surface area contributed by atoms with Crippen LogP contribution >= 0.6 is 0 Å². The van der Waals surface area contributed by atoms with Crippen LogP contribution < -0.4 is 18.9 Å². The summed E-state index contributed by atoms with van der Waals surface area (Å²) in [6.07, 6.45) is 0.967. The van der Waals surface area contributed by atoms with E-state index in [1.807, 2.05) is 12.1 Å². The molecule has 2 aromatic rings. The van der Waals surface area contributed by atoms with Crippen LogP contribution in [-0.4, -0.2) is 28.4 Å². The van der Waals surface area contributed by atoms with E-state index < -0.39 is 0 Å². The normalized spacial score (nSPS) is 20.4. The maximum absolute atomic E-state index is 5.71. The molecular weight excluding hydrogens is 328 g/mol. The first-order chi connectivity index (χ1) is 12.3. The van der Waals surface area contributed by atoms with Gasteiger partial charge < -0.3 is 18.9 Å². The van der Waals surface area contributed by atoms with Gasteiger partial charge in [0.05, 0.1) is 28.4 Å². The van der Waals surface area contributed by atoms with Gasteiger partial charge in [0, 0.05) is 17.0 Å². The van der Waals surface area contributed by atoms with E-state index in [2.05, 4.69) is 39.0 Å². The Morgan fingerprint density at radius 3 is 1.77 bits per heavy atom. The third kappa shape index (κ3) is 2.68. The molecule has 26 heavy (non-hydrogen) atoms. The third-order valence-electron chi connectivity index (χ3n) is 5.65. The van der Waals surface area contributed by atoms with Crippen molar-refractivity contribution in [1.82, 2.24) is 0 Å². The van der Waals surface area contributed by atoms with Gasteiger partial charge in [0.25, 0.3) is 0 Å². The summed E-state index contributed by atoms with van der Waals surface area (Å²) in [6, 6.07) is 10.3. The molecule has 0 radical (unpaired) electrons. The Hall–Kier alpha value is -2.36. The molecule has 0 aliphatic heterocycles. The summed E-state index contributed by atoms with van der Waals surface area (Å²) >= 11 is 0. The van der Waals surface area contributed by atoms with Crippen LogP contribution in [0, 0.1) is 0 Å². The average molecular weight is 356 g/mol. The molecule has 140 valence electrons. The Bertz CT molecular complexity index is 825. The predicted octanol–water partition coefficient (Wildman–Crippen LogP) is 4.71. The lowest BCUT2D eigenvalue weighted by Gasteiger charge is -2.30. The molecule has 0 fully saturated rings. The van der Waals surface area contributed by atoms with Gasteiger partial charge in [0.15, 0.2) is 11.5 Å². The lowest BCUT2D eigenvalue weighted by atomic mass is 9.74. The van der Waals surface area contributed by atoms with Gasteiger partial charge in [-0.1, -0.05) is 26.8 Å². The summed E-state index contributed by atoms with van der Waals surface area (Å²) in [6.45, 7) is 6.83. The molecule has 1 aliphatic carbocycles. The van der Waals surface area contributed by atoms with Gasteiger partial charge in [-0.15, -0.1) is 0 Å². The summed E-state index contributed by atoms with van der Waals surface area (Å²) < 4.78 is 22.2. The fraction of sp³-hybridized carbons (Fsp3) is 0.455. The molecule has 1 aliphatic rings. The second-order valence-electron chi connectivity index (χ2n) is 7.71. The Balaban J connectivity index is 2.25. The lowest BCUT2D eigenvalue weighted by molar-refractivity contribution is 0.353. The Morgan fingerprint density at radius 2 is 1.23 bits per heavy atom. The van der Waals surface area contributed by atoms with Crippen LogP contribution in [-0.2, 0) is 10.8 Å². The number of hydrogen-bond donors (Lipinski definition) is 0. The molecule has 4 heteroatoms. The van der Waals surface area contributed by atoms with E-state index in [0.29, 0.717) is 0 Å². The first-order valence-electron chi connectivity index (χ1n) is 8.80. The van der Waals surface area contributed by atoms with Gasteiger partial charge in [0.1, 0.15) is 11.5 Å². The van der Waals surface area contributed by atoms with Crippen LogP contribution in [0.15, 0.2) is 30.3 Å². The van der Waals surface area contributed by atoms with Gasteiger partial charge in [-0.25, -0.2) is 0 Å². The van der Waals surface area contributed by atoms with Crippen LogP contribution in [0.5, 0.6) is 23.0 Å². The molecule has 2 aromatic carbocycles. The van der Waals surface area contributed by atoms with Crippen molar-refractivity contribution in [2.45, 2.75) is 38.0 Å². The molecule has 0 saturated carbocycles. The van der Waals surface area contributed by atoms with Gasteiger partial charge in [-0.3, -0.25) is 0 Å². The standard InChI is InChI=1S/C22H28O4/c1-21(2)13-22(3,15-9-8-14(23-4)10-18(15)24-5)17-12-20(26-7)19(25-6)11-16(17)21/h8-12H,13H2,1-7H3. The Labute approximate surface area is 156 Å². The minimum atomic E-state index is -0.198. The summed E-state index contributed by atoms with van der Waals surface area (Å²) in [4.78, 5) is 0. The number of methoxy groups -OCH3 is 4. The van der Waals surface area contributed by atoms with E-state index in [0.717, 1.165) is 35.0 Å². The van der Waals surface area contributed by atoms with E-state index in [1.165, 1.54) is 11.1 Å². The van der Waals surface area contributed by atoms with Crippen LogP contribution in [0.3, 0.4) is 0 Å². The van der Waals surface area contributed by atoms with E-state index >= 15 is 0 Å². The van der Waals surface area contributed by atoms with Crippen molar-refractivity contribution >= 4 is 0 Å². The van der Waals surface area contributed by atoms with Gasteiger partial charge in [0.2, 0.25) is 0 Å². The van der Waals surface area contributed by atoms with Crippen molar-refractivity contribution < 1.29 is 18.9 Å². The Morgan fingerprint density at radius 1 is 0.654 bits per heavy atom. The maximum Gasteiger partial charge on any atom is 0.161 e. The molecule has 1 unspecified atom stereocenters. The number of rotatable bonds is 5. The first-order valence-corrected chi connectivity index (χ1v) is 8.80. The summed E-state index contributed by atoms with van der Waals surface area (Å²) in [5.41, 5.74) is 3.50. The summed E-state index contributed by atoms with van der Waals surface area (Å²) in [5, 5.41) is 0. The molecule has 0 N–H and O–H groups in total. The minimum absolute atomic E-state index is 0.00851. The molecule has 0 bridgehead atoms. The largest absolute Gasteiger partial charge is 0.497 e. The maximum atomic E-state index is 5.71. The van der Waals surface area contributed by atoms with Crippen LogP contribution in [0.1, 0.15) is 43.9 Å². The molecule has 0 spiro atoms. The molecule has 3 rings (SSSR count). The van der Waals surface area contributed by atoms with E-state index in [9.17, 15) is 0 Å². The minimum Gasteiger partial charge on any atom is -0.497 e. The highest BCUT2D eigenvalue weighted by atomic mass is 16.5. The van der Waals surface area contributed by atoms with Crippen molar-refractivity contribution in [3.05, 3.63) is 47.0 Å². The molecule has 1 atom stereocenters. The third-order valence-corrected chi connectivity index (χ3v) is 5.65. The molecule has 0 heterocycles. The zero-order valence-corrected chi connectivity index (χ0v) is 16.7. The number of fused-ring (bicyclic) bond motifs is 1. The van der Waals surface area contributed by atoms with Gasteiger partial charge in [-0.2, -0.15) is 0 Å². The van der Waals surface area contributed by atoms with E-state index in [4.69, 9.17) is 18.9 Å². The molecule has 4 nitrogen and oxygen atoms in total. The Kier molecular flexibility index (Phi) is 4.55. The quantitative estimate of drug-likeness (QED) is 0.777. The average Bonchev–Trinajstić information content (AvgIpc) is 2.85. The lowest BCUT2D eigenvalue weighted by Crippen LogP contribution is -2.24. The van der Waals surface area contributed by atoms with Gasteiger partial charge >= 0.3 is 0 Å². The fourth-order valence-electron chi connectivity index (χ4n) is 4.46. The van der Waals surface area contributed by atoms with Crippen molar-refractivity contribution in [2.24, 2.45) is 0 Å². The first kappa shape index (κ1) is 18.4. The summed E-state index contributed by atoms with van der Waals surface area (Å²) in [5.74, 6) is 3.15. The highest BCUT2D eigenvalue weighted by Gasteiger charge is 2.47. The van der Waals surface area contributed by atoms with Gasteiger partial charge in [-0.05, 0) is 41.2 Å². The zero-order chi connectivity index (χ0) is 19.1. The van der Waals surface area contributed by atoms with Crippen molar-refractivity contribution in [2.75, 3.05) is 28.4 Å². The molecule has 0 saturated heterocycles. The number of benzene rings is 2. The smallest absolute Gasteiger partial charge is 0.161 e. The van der Waals surface area contributed by atoms with E-state index in [1.54, 1.807) is 28.4 Å². The number of ether oxygens (including phenoxy) is 4. The SMILES string of the molecule is COc1ccc(C2(C)CC(C)(C)c3cc(OC)c(OC)cc32)c(OC)c1. The van der Waals surface area contributed by atoms with E-state index in [-0.39, 0.29) is 10.8 Å². The van der Waals surface area contributed by atoms with Crippen LogP contribution in [0.25, 0.3) is 0 Å². The number of hydrogen-bond acceptors (Lipinski definition) is 4. The van der Waals surface area contributed by atoms with Crippen LogP contribution in [0.2, 0.25) is 0 Å². The molecule has 0 amide bonds. The molecule has 0 aromatic heterocycles. The second-order valence-corrected chi connectivity index (χ2v) is 7.71. The van der Waals surface area contributed by atoms with Crippen molar-refractivity contribution in [3.63, 3.8) is 0 Å². The highest BCUT2D eigenvalue weighted by Crippen LogP contribution is 2.56. The zero-order valence-electron chi connectivity index (χ0n) is 16.7. The topological polar surface area (TPSA) is 36.9 Å². The summed E-state index contributed by atoms with van der Waals surface area (Å²) in [7, 11) is 6.73. The van der Waals surface area contributed by atoms with Crippen molar-refractivity contribution in [3.8, 4) is 23.0 Å². The van der Waals surface area contributed by atoms with Crippen molar-refractivity contribution in [1.29, 1.82) is 0 Å².